The molecule has 1 atom stereocenters. The molecule has 1 aromatic heterocycles. The van der Waals surface area contributed by atoms with Crippen molar-refractivity contribution in [3.63, 3.8) is 0 Å². The maximum absolute atomic E-state index is 12.3. The minimum atomic E-state index is -0.264. The largest absolute Gasteiger partial charge is 0.370 e. The van der Waals surface area contributed by atoms with Gasteiger partial charge in [0.25, 0.3) is 0 Å². The van der Waals surface area contributed by atoms with Crippen LogP contribution in [0, 0.1) is 17.8 Å². The van der Waals surface area contributed by atoms with Gasteiger partial charge in [0, 0.05) is 32.3 Å². The van der Waals surface area contributed by atoms with Crippen LogP contribution in [-0.4, -0.2) is 79.5 Å². The molecule has 4 aliphatic rings. The monoisotopic (exact) mass is 481 g/mol. The van der Waals surface area contributed by atoms with Crippen LogP contribution in [0.2, 0.25) is 0 Å². The summed E-state index contributed by atoms with van der Waals surface area (Å²) in [6.07, 6.45) is 14.2. The first-order chi connectivity index (χ1) is 17.0. The van der Waals surface area contributed by atoms with Crippen molar-refractivity contribution >= 4 is 17.5 Å². The molecule has 4 saturated heterocycles. The Kier molecular flexibility index (Phi) is 8.03. The van der Waals surface area contributed by atoms with Crippen molar-refractivity contribution in [2.24, 2.45) is 17.8 Å². The maximum Gasteiger partial charge on any atom is 0.234 e. The highest BCUT2D eigenvalue weighted by Crippen LogP contribution is 2.32. The van der Waals surface area contributed by atoms with Crippen LogP contribution in [0.5, 0.6) is 0 Å². The number of carbonyl (C=O) groups is 2. The van der Waals surface area contributed by atoms with Crippen molar-refractivity contribution in [3.8, 4) is 0 Å². The van der Waals surface area contributed by atoms with E-state index in [2.05, 4.69) is 38.1 Å². The molecule has 5 heterocycles. The van der Waals surface area contributed by atoms with E-state index in [4.69, 9.17) is 0 Å². The first kappa shape index (κ1) is 24.7. The van der Waals surface area contributed by atoms with Gasteiger partial charge in [-0.3, -0.25) is 19.9 Å². The number of rotatable bonds is 6. The van der Waals surface area contributed by atoms with Gasteiger partial charge in [0.05, 0.1) is 17.8 Å². The molecule has 0 bridgehead atoms. The number of hydrogen-bond acceptors (Lipinski definition) is 6. The lowest BCUT2D eigenvalue weighted by atomic mass is 9.82. The lowest BCUT2D eigenvalue weighted by Crippen LogP contribution is -2.42. The zero-order valence-corrected chi connectivity index (χ0v) is 21.5. The van der Waals surface area contributed by atoms with E-state index in [1.165, 1.54) is 77.7 Å². The molecule has 0 spiro atoms. The number of amides is 2. The SMILES string of the molecule is CN1CCC(CC2CCN(CC3CCN(c4cncc(C5CCC(=O)NC5=O)c4)CC3)CC2)CC1. The first-order valence-electron chi connectivity index (χ1n) is 14.0. The van der Waals surface area contributed by atoms with Crippen LogP contribution in [0.25, 0.3) is 0 Å². The van der Waals surface area contributed by atoms with Gasteiger partial charge in [-0.05, 0) is 114 Å². The van der Waals surface area contributed by atoms with E-state index in [1.807, 2.05) is 6.20 Å². The number of pyridine rings is 1. The molecule has 1 aromatic rings. The highest BCUT2D eigenvalue weighted by molar-refractivity contribution is 6.00. The predicted octanol–water partition coefficient (Wildman–Crippen LogP) is 3.26. The number of nitrogens with one attached hydrogen (secondary N) is 1. The molecule has 0 aromatic carbocycles. The van der Waals surface area contributed by atoms with Crippen molar-refractivity contribution < 1.29 is 9.59 Å². The average Bonchev–Trinajstić information content (AvgIpc) is 2.87. The van der Waals surface area contributed by atoms with Crippen molar-refractivity contribution in [1.82, 2.24) is 20.1 Å². The van der Waals surface area contributed by atoms with Crippen molar-refractivity contribution in [2.45, 2.75) is 63.7 Å². The van der Waals surface area contributed by atoms with Crippen LogP contribution in [0.15, 0.2) is 18.5 Å². The number of aromatic nitrogens is 1. The van der Waals surface area contributed by atoms with E-state index in [-0.39, 0.29) is 17.7 Å². The van der Waals surface area contributed by atoms with Gasteiger partial charge in [-0.25, -0.2) is 0 Å². The molecule has 1 unspecified atom stereocenters. The third-order valence-corrected chi connectivity index (χ3v) is 9.09. The highest BCUT2D eigenvalue weighted by Gasteiger charge is 2.30. The third kappa shape index (κ3) is 6.42. The Morgan fingerprint density at radius 3 is 2.20 bits per heavy atom. The standard InChI is InChI=1S/C28H43N5O2/c1-31-10-4-21(5-11-31)16-22-6-12-32(13-7-22)20-23-8-14-33(15-9-23)25-17-24(18-29-19-25)26-2-3-27(34)30-28(26)35/h17-19,21-23,26H,2-16,20H2,1H3,(H,30,34,35). The normalized spacial score (nSPS) is 26.8. The van der Waals surface area contributed by atoms with Crippen LogP contribution in [0.1, 0.15) is 69.3 Å². The van der Waals surface area contributed by atoms with Gasteiger partial charge < -0.3 is 14.7 Å². The van der Waals surface area contributed by atoms with Crippen molar-refractivity contribution in [1.29, 1.82) is 0 Å². The minimum absolute atomic E-state index is 0.168. The molecule has 0 aliphatic carbocycles. The molecule has 1 N–H and O–H groups in total. The average molecular weight is 482 g/mol. The molecule has 0 saturated carbocycles. The summed E-state index contributed by atoms with van der Waals surface area (Å²) >= 11 is 0. The molecule has 192 valence electrons. The second-order valence-electron chi connectivity index (χ2n) is 11.6. The molecule has 0 radical (unpaired) electrons. The topological polar surface area (TPSA) is 68.8 Å². The Hall–Kier alpha value is -1.99. The molecule has 7 heteroatoms. The summed E-state index contributed by atoms with van der Waals surface area (Å²) in [5.74, 6) is 2.08. The van der Waals surface area contributed by atoms with Gasteiger partial charge in [-0.1, -0.05) is 0 Å². The third-order valence-electron chi connectivity index (χ3n) is 9.09. The van der Waals surface area contributed by atoms with E-state index in [0.29, 0.717) is 12.8 Å². The molecule has 4 fully saturated rings. The van der Waals surface area contributed by atoms with Gasteiger partial charge in [0.2, 0.25) is 11.8 Å². The van der Waals surface area contributed by atoms with Gasteiger partial charge in [-0.15, -0.1) is 0 Å². The number of anilines is 1. The summed E-state index contributed by atoms with van der Waals surface area (Å²) in [6.45, 7) is 8.52. The lowest BCUT2D eigenvalue weighted by molar-refractivity contribution is -0.134. The Balaban J connectivity index is 1.05. The smallest absolute Gasteiger partial charge is 0.234 e. The summed E-state index contributed by atoms with van der Waals surface area (Å²) in [5.41, 5.74) is 2.04. The molecular weight excluding hydrogens is 438 g/mol. The van der Waals surface area contributed by atoms with E-state index in [0.717, 1.165) is 42.1 Å². The van der Waals surface area contributed by atoms with Crippen LogP contribution < -0.4 is 10.2 Å². The van der Waals surface area contributed by atoms with E-state index in [9.17, 15) is 9.59 Å². The minimum Gasteiger partial charge on any atom is -0.370 e. The fourth-order valence-electron chi connectivity index (χ4n) is 6.73. The number of imide groups is 1. The second-order valence-corrected chi connectivity index (χ2v) is 11.6. The number of likely N-dealkylation sites (tertiary alicyclic amines) is 2. The number of nitrogens with zero attached hydrogens (tertiary/aromatic N) is 4. The lowest BCUT2D eigenvalue weighted by Gasteiger charge is -2.39. The molecule has 4 aliphatic heterocycles. The summed E-state index contributed by atoms with van der Waals surface area (Å²) in [6, 6.07) is 2.11. The van der Waals surface area contributed by atoms with Gasteiger partial charge in [-0.2, -0.15) is 0 Å². The van der Waals surface area contributed by atoms with E-state index >= 15 is 0 Å². The second kappa shape index (κ2) is 11.4. The number of piperidine rings is 4. The Bertz CT molecular complexity index is 868. The zero-order chi connectivity index (χ0) is 24.2. The van der Waals surface area contributed by atoms with E-state index in [1.54, 1.807) is 6.20 Å². The van der Waals surface area contributed by atoms with E-state index < -0.39 is 0 Å². The van der Waals surface area contributed by atoms with Gasteiger partial charge in [0.1, 0.15) is 0 Å². The maximum atomic E-state index is 12.3. The fraction of sp³-hybridized carbons (Fsp3) is 0.750. The highest BCUT2D eigenvalue weighted by atomic mass is 16.2. The number of hydrogen-bond donors (Lipinski definition) is 1. The quantitative estimate of drug-likeness (QED) is 0.629. The molecule has 7 nitrogen and oxygen atoms in total. The Labute approximate surface area is 210 Å². The van der Waals surface area contributed by atoms with Crippen LogP contribution in [0.4, 0.5) is 5.69 Å². The summed E-state index contributed by atoms with van der Waals surface area (Å²) in [5, 5.41) is 2.47. The molecule has 5 rings (SSSR count). The van der Waals surface area contributed by atoms with Gasteiger partial charge >= 0.3 is 0 Å². The fourth-order valence-corrected chi connectivity index (χ4v) is 6.73. The van der Waals surface area contributed by atoms with Crippen molar-refractivity contribution in [2.75, 3.05) is 57.8 Å². The Morgan fingerprint density at radius 2 is 1.51 bits per heavy atom. The number of carbonyl (C=O) groups excluding carboxylic acids is 2. The van der Waals surface area contributed by atoms with Crippen LogP contribution in [-0.2, 0) is 9.59 Å². The molecule has 2 amide bonds. The summed E-state index contributed by atoms with van der Waals surface area (Å²) in [4.78, 5) is 35.8. The zero-order valence-electron chi connectivity index (χ0n) is 21.5. The first-order valence-corrected chi connectivity index (χ1v) is 14.0. The van der Waals surface area contributed by atoms with Gasteiger partial charge in [0.15, 0.2) is 0 Å². The summed E-state index contributed by atoms with van der Waals surface area (Å²) in [7, 11) is 2.26. The molecular formula is C28H43N5O2. The predicted molar refractivity (Wildman–Crippen MR) is 138 cm³/mol. The molecule has 35 heavy (non-hydrogen) atoms. The Morgan fingerprint density at radius 1 is 0.857 bits per heavy atom. The van der Waals surface area contributed by atoms with Crippen LogP contribution in [0.3, 0.4) is 0 Å². The van der Waals surface area contributed by atoms with Crippen molar-refractivity contribution in [3.05, 3.63) is 24.0 Å². The summed E-state index contributed by atoms with van der Waals surface area (Å²) < 4.78 is 0. The van der Waals surface area contributed by atoms with Crippen LogP contribution >= 0.6 is 0 Å².